The van der Waals surface area contributed by atoms with Crippen molar-refractivity contribution in [1.29, 1.82) is 0 Å². The van der Waals surface area contributed by atoms with E-state index in [0.717, 1.165) is 7.11 Å². The molecule has 0 rings (SSSR count). The van der Waals surface area contributed by atoms with E-state index in [4.69, 9.17) is 30.8 Å². The summed E-state index contributed by atoms with van der Waals surface area (Å²) in [6.45, 7) is -1.21. The van der Waals surface area contributed by atoms with Crippen LogP contribution in [-0.4, -0.2) is 87.1 Å². The first-order valence-electron chi connectivity index (χ1n) is 3.47. The molecule has 0 fully saturated rings. The van der Waals surface area contributed by atoms with Crippen LogP contribution in [0.3, 0.4) is 0 Å². The number of hydrogen-bond acceptors (Lipinski definition) is 6. The van der Waals surface area contributed by atoms with Crippen LogP contribution >= 0.6 is 7.82 Å². The van der Waals surface area contributed by atoms with Crippen molar-refractivity contribution in [2.45, 2.75) is 5.54 Å². The third-order valence-electron chi connectivity index (χ3n) is 1.18. The zero-order valence-electron chi connectivity index (χ0n) is 7.70. The summed E-state index contributed by atoms with van der Waals surface area (Å²) in [7, 11) is -3.20. The van der Waals surface area contributed by atoms with Crippen LogP contribution in [0.25, 0.3) is 0 Å². The van der Waals surface area contributed by atoms with E-state index in [1.165, 1.54) is 0 Å². The topological polar surface area (TPSA) is 153 Å². The molecule has 8 nitrogen and oxygen atoms in total. The zero-order valence-corrected chi connectivity index (χ0v) is 8.59. The van der Waals surface area contributed by atoms with Gasteiger partial charge in [0.05, 0.1) is 25.4 Å². The number of aliphatic hydroxyl groups excluding tert-OH is 3. The van der Waals surface area contributed by atoms with Gasteiger partial charge in [0.25, 0.3) is 0 Å². The average molecular weight is 257 g/mol. The third-order valence-corrected chi connectivity index (χ3v) is 1.66. The molecule has 0 aliphatic rings. The monoisotopic (exact) mass is 257 g/mol. The molecule has 0 aliphatic carbocycles. The molecule has 0 saturated carbocycles. The second-order valence-electron chi connectivity index (χ2n) is 2.51. The predicted octanol–water partition coefficient (Wildman–Crippen LogP) is -3.26. The molecule has 0 saturated heterocycles. The molecule has 0 spiro atoms. The van der Waals surface area contributed by atoms with Crippen molar-refractivity contribution in [3.8, 4) is 0 Å². The van der Waals surface area contributed by atoms with Gasteiger partial charge < -0.3 is 30.8 Å². The summed E-state index contributed by atoms with van der Waals surface area (Å²) in [5.41, 5.74) is 3.94. The summed E-state index contributed by atoms with van der Waals surface area (Å²) >= 11 is 0. The molecule has 0 radical (unpaired) electrons. The van der Waals surface area contributed by atoms with Gasteiger partial charge in [-0.25, -0.2) is 4.57 Å². The molecule has 90 valence electrons. The molecule has 0 aromatic carbocycles. The normalized spacial score (nSPS) is 11.1. The fraction of sp³-hybridized carbons (Fsp3) is 1.00. The van der Waals surface area contributed by atoms with Crippen LogP contribution in [0.2, 0.25) is 0 Å². The van der Waals surface area contributed by atoms with Crippen molar-refractivity contribution in [3.63, 3.8) is 0 Å². The Labute approximate surface area is 110 Å². The van der Waals surface area contributed by atoms with E-state index in [1.807, 2.05) is 0 Å². The molecule has 10 heteroatoms. The molecule has 0 unspecified atom stereocenters. The molecule has 0 aliphatic heterocycles. The van der Waals surface area contributed by atoms with Gasteiger partial charge in [-0.15, -0.1) is 0 Å². The van der Waals surface area contributed by atoms with Gasteiger partial charge >= 0.3 is 37.4 Å². The Morgan fingerprint density at radius 1 is 1.20 bits per heavy atom. The Balaban J connectivity index is -0.000000187. The maximum absolute atomic E-state index is 9.47. The van der Waals surface area contributed by atoms with Crippen LogP contribution in [0.15, 0.2) is 0 Å². The van der Waals surface area contributed by atoms with Crippen LogP contribution in [-0.2, 0) is 9.09 Å². The van der Waals surface area contributed by atoms with E-state index in [0.29, 0.717) is 0 Å². The van der Waals surface area contributed by atoms with E-state index in [9.17, 15) is 4.57 Å². The van der Waals surface area contributed by atoms with Crippen LogP contribution in [0.4, 0.5) is 0 Å². The Morgan fingerprint density at radius 2 is 1.40 bits per heavy atom. The molecular weight excluding hydrogens is 240 g/mol. The van der Waals surface area contributed by atoms with E-state index < -0.39 is 33.2 Å². The van der Waals surface area contributed by atoms with Gasteiger partial charge in [0.1, 0.15) is 0 Å². The van der Waals surface area contributed by atoms with Crippen LogP contribution in [0, 0.1) is 0 Å². The molecule has 7 N–H and O–H groups in total. The van der Waals surface area contributed by atoms with Crippen molar-refractivity contribution >= 4 is 37.4 Å². The first kappa shape index (κ1) is 21.3. The molecule has 0 aromatic rings. The second kappa shape index (κ2) is 10.1. The van der Waals surface area contributed by atoms with E-state index in [1.54, 1.807) is 0 Å². The van der Waals surface area contributed by atoms with E-state index >= 15 is 0 Å². The standard InChI is InChI=1S/C4H11NO3.CH5O4P.Na.H/c5-4(1-6,2-7)3-8;1-5-6(2,3)4;;/h6-8H,1-3,5H2;1H3,(H2,2,3,4);;. The number of phosphoric ester groups is 1. The fourth-order valence-corrected chi connectivity index (χ4v) is 0.150. The van der Waals surface area contributed by atoms with Gasteiger partial charge in [0.15, 0.2) is 0 Å². The number of nitrogens with two attached hydrogens (primary N) is 1. The minimum absolute atomic E-state index is 0. The van der Waals surface area contributed by atoms with Gasteiger partial charge in [-0.3, -0.25) is 4.52 Å². The first-order chi connectivity index (χ1) is 6.24. The fourth-order valence-electron chi connectivity index (χ4n) is 0.150. The summed E-state index contributed by atoms with van der Waals surface area (Å²) in [6.07, 6.45) is 0. The van der Waals surface area contributed by atoms with Crippen molar-refractivity contribution < 1.29 is 34.2 Å². The molecule has 0 amide bonds. The maximum atomic E-state index is 9.47. The van der Waals surface area contributed by atoms with Gasteiger partial charge in [-0.2, -0.15) is 0 Å². The number of aliphatic hydroxyl groups is 3. The molecule has 15 heavy (non-hydrogen) atoms. The Morgan fingerprint density at radius 3 is 1.40 bits per heavy atom. The summed E-state index contributed by atoms with van der Waals surface area (Å²) in [5, 5.41) is 25.0. The van der Waals surface area contributed by atoms with Gasteiger partial charge in [-0.1, -0.05) is 0 Å². The number of phosphoric acid groups is 1. The average Bonchev–Trinajstić information content (AvgIpc) is 2.16. The van der Waals surface area contributed by atoms with Gasteiger partial charge in [0.2, 0.25) is 0 Å². The SMILES string of the molecule is COP(=O)(O)O.NC(CO)(CO)CO.[NaH]. The van der Waals surface area contributed by atoms with Crippen LogP contribution < -0.4 is 5.73 Å². The van der Waals surface area contributed by atoms with E-state index in [-0.39, 0.29) is 29.6 Å². The van der Waals surface area contributed by atoms with Gasteiger partial charge in [0, 0.05) is 7.11 Å². The van der Waals surface area contributed by atoms with Crippen molar-refractivity contribution in [2.75, 3.05) is 26.9 Å². The van der Waals surface area contributed by atoms with Crippen LogP contribution in [0.5, 0.6) is 0 Å². The quantitative estimate of drug-likeness (QED) is 0.226. The van der Waals surface area contributed by atoms with Crippen molar-refractivity contribution in [3.05, 3.63) is 0 Å². The second-order valence-corrected chi connectivity index (χ2v) is 3.86. The molecule has 0 heterocycles. The van der Waals surface area contributed by atoms with Crippen molar-refractivity contribution in [2.24, 2.45) is 5.73 Å². The zero-order chi connectivity index (χ0) is 11.8. The predicted molar refractivity (Wildman–Crippen MR) is 54.4 cm³/mol. The summed E-state index contributed by atoms with van der Waals surface area (Å²) in [4.78, 5) is 15.4. The Bertz CT molecular complexity index is 174. The van der Waals surface area contributed by atoms with Crippen LogP contribution in [0.1, 0.15) is 0 Å². The summed E-state index contributed by atoms with van der Waals surface area (Å²) in [6, 6.07) is 0. The number of hydrogen-bond donors (Lipinski definition) is 6. The van der Waals surface area contributed by atoms with Crippen molar-refractivity contribution in [1.82, 2.24) is 0 Å². The minimum atomic E-state index is -4.15. The summed E-state index contributed by atoms with van der Waals surface area (Å²) in [5.74, 6) is 0. The molecule has 0 bridgehead atoms. The Kier molecular flexibility index (Phi) is 14.4. The molecular formula is C5H17NNaO7P. The molecule has 0 atom stereocenters. The number of rotatable bonds is 4. The molecule has 0 aromatic heterocycles. The summed E-state index contributed by atoms with van der Waals surface area (Å²) < 4.78 is 13.1. The Hall–Kier alpha value is 0.950. The first-order valence-corrected chi connectivity index (χ1v) is 5.00. The third kappa shape index (κ3) is 14.9. The van der Waals surface area contributed by atoms with E-state index in [2.05, 4.69) is 4.52 Å². The van der Waals surface area contributed by atoms with Gasteiger partial charge in [-0.05, 0) is 0 Å².